The molecular weight excluding hydrogens is 192 g/mol. The first-order valence-electron chi connectivity index (χ1n) is 4.50. The van der Waals surface area contributed by atoms with E-state index in [1.807, 2.05) is 0 Å². The fraction of sp³-hybridized carbons (Fsp3) is 0.273. The summed E-state index contributed by atoms with van der Waals surface area (Å²) >= 11 is 4.54. The molecule has 0 aliphatic heterocycles. The fourth-order valence-corrected chi connectivity index (χ4v) is 3.79. The van der Waals surface area contributed by atoms with Crippen molar-refractivity contribution in [2.45, 2.75) is 20.0 Å². The van der Waals surface area contributed by atoms with Gasteiger partial charge >= 0.3 is 0 Å². The van der Waals surface area contributed by atoms with Gasteiger partial charge in [-0.3, -0.25) is 0 Å². The Morgan fingerprint density at radius 1 is 1.23 bits per heavy atom. The lowest BCUT2D eigenvalue weighted by molar-refractivity contribution is 1.67. The van der Waals surface area contributed by atoms with Gasteiger partial charge in [-0.2, -0.15) is 12.6 Å². The Hall–Kier alpha value is -0.473. The molecule has 1 aromatic carbocycles. The van der Waals surface area contributed by atoms with Crippen LogP contribution in [0.25, 0.3) is 0 Å². The van der Waals surface area contributed by atoms with Crippen LogP contribution in [0.1, 0.15) is 6.92 Å². The van der Waals surface area contributed by atoms with Crippen molar-refractivity contribution in [1.29, 1.82) is 0 Å². The van der Waals surface area contributed by atoms with Gasteiger partial charge in [0, 0.05) is 0 Å². The second-order valence-electron chi connectivity index (χ2n) is 3.66. The van der Waals surface area contributed by atoms with Gasteiger partial charge < -0.3 is 0 Å². The quantitative estimate of drug-likeness (QED) is 0.561. The molecule has 0 radical (unpaired) electrons. The maximum Gasteiger partial charge on any atom is 0.119 e. The second-order valence-corrected chi connectivity index (χ2v) is 8.93. The van der Waals surface area contributed by atoms with Crippen molar-refractivity contribution in [2.75, 3.05) is 0 Å². The number of hydrogen-bond donors (Lipinski definition) is 1. The molecule has 0 aliphatic rings. The molecule has 1 aromatic rings. The third-order valence-electron chi connectivity index (χ3n) is 2.41. The molecule has 13 heavy (non-hydrogen) atoms. The molecule has 0 unspecified atom stereocenters. The molecule has 0 nitrogen and oxygen atoms in total. The number of allylic oxidation sites excluding steroid dienone is 1. The van der Waals surface area contributed by atoms with Crippen LogP contribution in [0.5, 0.6) is 0 Å². The van der Waals surface area contributed by atoms with Crippen molar-refractivity contribution < 1.29 is 0 Å². The Morgan fingerprint density at radius 3 is 2.23 bits per heavy atom. The molecule has 0 fully saturated rings. The summed E-state index contributed by atoms with van der Waals surface area (Å²) in [5.74, 6) is 0. The Morgan fingerprint density at radius 2 is 1.77 bits per heavy atom. The second kappa shape index (κ2) is 4.16. The topological polar surface area (TPSA) is 0 Å². The minimum atomic E-state index is -1.46. The predicted octanol–water partition coefficient (Wildman–Crippen LogP) is 2.97. The largest absolute Gasteiger partial charge is 0.152 e. The smallest absolute Gasteiger partial charge is 0.119 e. The highest BCUT2D eigenvalue weighted by Crippen LogP contribution is 2.17. The van der Waals surface area contributed by atoms with Crippen LogP contribution in [-0.4, -0.2) is 8.07 Å². The van der Waals surface area contributed by atoms with Gasteiger partial charge in [0.15, 0.2) is 0 Å². The van der Waals surface area contributed by atoms with Crippen LogP contribution in [0.4, 0.5) is 0 Å². The van der Waals surface area contributed by atoms with Crippen molar-refractivity contribution in [2.24, 2.45) is 0 Å². The summed E-state index contributed by atoms with van der Waals surface area (Å²) in [6, 6.07) is 10.7. The van der Waals surface area contributed by atoms with Gasteiger partial charge in [0.05, 0.1) is 0 Å². The lowest BCUT2D eigenvalue weighted by Crippen LogP contribution is -2.42. The van der Waals surface area contributed by atoms with E-state index >= 15 is 0 Å². The van der Waals surface area contributed by atoms with Crippen LogP contribution < -0.4 is 5.19 Å². The summed E-state index contributed by atoms with van der Waals surface area (Å²) in [6.07, 6.45) is 2.11. The lowest BCUT2D eigenvalue weighted by Gasteiger charge is -2.22. The summed E-state index contributed by atoms with van der Waals surface area (Å²) in [6.45, 7) is 6.70. The summed E-state index contributed by atoms with van der Waals surface area (Å²) in [5.41, 5.74) is 0. The molecule has 0 amide bonds. The SMILES string of the molecule is C/C=C(\S)[Si](C)(C)c1ccccc1. The van der Waals surface area contributed by atoms with Gasteiger partial charge in [-0.05, 0) is 11.5 Å². The predicted molar refractivity (Wildman–Crippen MR) is 66.3 cm³/mol. The van der Waals surface area contributed by atoms with E-state index in [2.05, 4.69) is 69.1 Å². The average molecular weight is 208 g/mol. The number of rotatable bonds is 2. The summed E-state index contributed by atoms with van der Waals surface area (Å²) in [7, 11) is -1.46. The van der Waals surface area contributed by atoms with E-state index < -0.39 is 8.07 Å². The molecule has 1 rings (SSSR count). The molecule has 2 heteroatoms. The van der Waals surface area contributed by atoms with Crippen molar-refractivity contribution in [3.8, 4) is 0 Å². The van der Waals surface area contributed by atoms with E-state index in [0.717, 1.165) is 0 Å². The van der Waals surface area contributed by atoms with E-state index in [0.29, 0.717) is 0 Å². The first-order valence-corrected chi connectivity index (χ1v) is 7.95. The summed E-state index contributed by atoms with van der Waals surface area (Å²) in [5, 5.41) is 1.44. The number of thiol groups is 1. The molecule has 0 saturated carbocycles. The molecule has 0 bridgehead atoms. The Labute approximate surface area is 87.1 Å². The standard InChI is InChI=1S/C11H16SSi/c1-4-11(12)13(2,3)10-8-6-5-7-9-10/h4-9,12H,1-3H3/b11-4+. The van der Waals surface area contributed by atoms with Gasteiger partial charge in [-0.15, -0.1) is 0 Å². The maximum atomic E-state index is 4.54. The monoisotopic (exact) mass is 208 g/mol. The van der Waals surface area contributed by atoms with Crippen LogP contribution in [0, 0.1) is 0 Å². The third kappa shape index (κ3) is 2.26. The van der Waals surface area contributed by atoms with Gasteiger partial charge in [0.2, 0.25) is 0 Å². The first-order chi connectivity index (χ1) is 6.09. The fourth-order valence-electron chi connectivity index (χ4n) is 1.36. The first kappa shape index (κ1) is 10.6. The normalized spacial score (nSPS) is 13.1. The zero-order valence-corrected chi connectivity index (χ0v) is 10.3. The van der Waals surface area contributed by atoms with Gasteiger partial charge in [0.25, 0.3) is 0 Å². The Kier molecular flexibility index (Phi) is 3.39. The van der Waals surface area contributed by atoms with Gasteiger partial charge in [0.1, 0.15) is 8.07 Å². The molecular formula is C11H16SSi. The average Bonchev–Trinajstić information content (AvgIpc) is 2.18. The molecule has 0 aromatic heterocycles. The minimum Gasteiger partial charge on any atom is -0.152 e. The van der Waals surface area contributed by atoms with E-state index in [1.54, 1.807) is 0 Å². The number of hydrogen-bond acceptors (Lipinski definition) is 1. The highest BCUT2D eigenvalue weighted by atomic mass is 32.1. The van der Waals surface area contributed by atoms with Crippen molar-refractivity contribution in [3.63, 3.8) is 0 Å². The van der Waals surface area contributed by atoms with Crippen LogP contribution in [0.3, 0.4) is 0 Å². The molecule has 0 atom stereocenters. The van der Waals surface area contributed by atoms with Crippen LogP contribution in [0.15, 0.2) is 40.9 Å². The molecule has 0 spiro atoms. The molecule has 70 valence electrons. The van der Waals surface area contributed by atoms with Crippen LogP contribution >= 0.6 is 12.6 Å². The zero-order valence-electron chi connectivity index (χ0n) is 8.41. The van der Waals surface area contributed by atoms with Crippen molar-refractivity contribution in [3.05, 3.63) is 40.9 Å². The van der Waals surface area contributed by atoms with Gasteiger partial charge in [-0.1, -0.05) is 54.7 Å². The van der Waals surface area contributed by atoms with Crippen LogP contribution in [0.2, 0.25) is 13.1 Å². The van der Waals surface area contributed by atoms with E-state index in [9.17, 15) is 0 Å². The van der Waals surface area contributed by atoms with E-state index in [1.165, 1.54) is 9.72 Å². The Balaban J connectivity index is 3.08. The minimum absolute atomic E-state index is 1.25. The van der Waals surface area contributed by atoms with Crippen LogP contribution in [-0.2, 0) is 0 Å². The zero-order chi connectivity index (χ0) is 9.90. The highest BCUT2D eigenvalue weighted by molar-refractivity contribution is 7.87. The highest BCUT2D eigenvalue weighted by Gasteiger charge is 2.25. The molecule has 0 aliphatic carbocycles. The summed E-state index contributed by atoms with van der Waals surface area (Å²) < 4.78 is 1.25. The Bertz CT molecular complexity index is 301. The molecule has 0 saturated heterocycles. The van der Waals surface area contributed by atoms with Crippen molar-refractivity contribution >= 4 is 25.9 Å². The third-order valence-corrected chi connectivity index (χ3v) is 7.69. The van der Waals surface area contributed by atoms with E-state index in [4.69, 9.17) is 0 Å². The molecule has 0 heterocycles. The number of benzene rings is 1. The molecule has 0 N–H and O–H groups in total. The van der Waals surface area contributed by atoms with E-state index in [-0.39, 0.29) is 0 Å². The maximum absolute atomic E-state index is 4.54. The van der Waals surface area contributed by atoms with Gasteiger partial charge in [-0.25, -0.2) is 0 Å². The lowest BCUT2D eigenvalue weighted by atomic mass is 10.4. The summed E-state index contributed by atoms with van der Waals surface area (Å²) in [4.78, 5) is 0. The van der Waals surface area contributed by atoms with Crippen molar-refractivity contribution in [1.82, 2.24) is 0 Å².